The van der Waals surface area contributed by atoms with Gasteiger partial charge in [0.05, 0.1) is 0 Å². The summed E-state index contributed by atoms with van der Waals surface area (Å²) >= 11 is 0. The first-order chi connectivity index (χ1) is 6.61. The topological polar surface area (TPSA) is 0 Å². The number of hydrogen-bond donors (Lipinski definition) is 0. The van der Waals surface area contributed by atoms with E-state index in [9.17, 15) is 0 Å². The van der Waals surface area contributed by atoms with Gasteiger partial charge in [-0.15, -0.1) is 0 Å². The van der Waals surface area contributed by atoms with E-state index in [1.54, 1.807) is 11.1 Å². The zero-order valence-corrected chi connectivity index (χ0v) is 10.4. The maximum Gasteiger partial charge on any atom is -0.0203 e. The highest BCUT2D eigenvalue weighted by molar-refractivity contribution is 5.13. The fourth-order valence-electron chi connectivity index (χ4n) is 2.66. The highest BCUT2D eigenvalue weighted by atomic mass is 14.2. The second kappa shape index (κ2) is 5.58. The highest BCUT2D eigenvalue weighted by Gasteiger charge is 2.16. The van der Waals surface area contributed by atoms with Crippen LogP contribution in [0.5, 0.6) is 0 Å². The first-order valence-electron chi connectivity index (χ1n) is 6.27. The molecule has 0 radical (unpaired) electrons. The van der Waals surface area contributed by atoms with Crippen LogP contribution >= 0.6 is 0 Å². The Labute approximate surface area is 89.8 Å². The third-order valence-corrected chi connectivity index (χ3v) is 3.61. The van der Waals surface area contributed by atoms with E-state index in [0.717, 1.165) is 11.8 Å². The molecule has 0 atom stereocenters. The predicted octanol–water partition coefficient (Wildman–Crippen LogP) is 4.95. The molecule has 0 aromatic heterocycles. The van der Waals surface area contributed by atoms with E-state index in [0.29, 0.717) is 0 Å². The second-order valence-electron chi connectivity index (χ2n) is 5.40. The molecule has 0 amide bonds. The summed E-state index contributed by atoms with van der Waals surface area (Å²) in [6.45, 7) is 9.34. The van der Waals surface area contributed by atoms with E-state index >= 15 is 0 Å². The lowest BCUT2D eigenvalue weighted by atomic mass is 9.81. The van der Waals surface area contributed by atoms with Crippen LogP contribution < -0.4 is 0 Å². The van der Waals surface area contributed by atoms with Crippen LogP contribution in [0.4, 0.5) is 0 Å². The summed E-state index contributed by atoms with van der Waals surface area (Å²) in [5, 5.41) is 0. The number of rotatable bonds is 3. The zero-order chi connectivity index (χ0) is 10.6. The molecule has 0 bridgehead atoms. The van der Waals surface area contributed by atoms with Gasteiger partial charge in [0.1, 0.15) is 0 Å². The minimum atomic E-state index is 0.813. The summed E-state index contributed by atoms with van der Waals surface area (Å²) in [4.78, 5) is 0. The second-order valence-corrected chi connectivity index (χ2v) is 5.40. The summed E-state index contributed by atoms with van der Waals surface area (Å²) in [7, 11) is 0. The zero-order valence-electron chi connectivity index (χ0n) is 10.4. The van der Waals surface area contributed by atoms with Crippen molar-refractivity contribution in [3.8, 4) is 0 Å². The minimum Gasteiger partial charge on any atom is -0.0739 e. The molecule has 82 valence electrons. The Balaban J connectivity index is 2.55. The third-order valence-electron chi connectivity index (χ3n) is 3.61. The Bertz CT molecular complexity index is 192. The SMILES string of the molecule is C/C(CC(C)C)=C(/C)C1CCCCC1. The van der Waals surface area contributed by atoms with Gasteiger partial charge < -0.3 is 0 Å². The molecule has 0 nitrogen and oxygen atoms in total. The smallest absolute Gasteiger partial charge is 0.0203 e. The average Bonchev–Trinajstić information content (AvgIpc) is 2.17. The van der Waals surface area contributed by atoms with E-state index < -0.39 is 0 Å². The molecular weight excluding hydrogens is 168 g/mol. The molecule has 0 spiro atoms. The van der Waals surface area contributed by atoms with Crippen molar-refractivity contribution in [2.24, 2.45) is 11.8 Å². The highest BCUT2D eigenvalue weighted by Crippen LogP contribution is 2.32. The van der Waals surface area contributed by atoms with Gasteiger partial charge in [0.25, 0.3) is 0 Å². The normalized spacial score (nSPS) is 21.2. The molecule has 0 heterocycles. The molecule has 1 saturated carbocycles. The Morgan fingerprint density at radius 2 is 1.64 bits per heavy atom. The van der Waals surface area contributed by atoms with E-state index in [1.165, 1.54) is 38.5 Å². The van der Waals surface area contributed by atoms with Crippen LogP contribution in [0.2, 0.25) is 0 Å². The van der Waals surface area contributed by atoms with Crippen LogP contribution in [0.1, 0.15) is 66.2 Å². The van der Waals surface area contributed by atoms with Crippen LogP contribution in [-0.4, -0.2) is 0 Å². The van der Waals surface area contributed by atoms with E-state index in [-0.39, 0.29) is 0 Å². The van der Waals surface area contributed by atoms with E-state index in [1.807, 2.05) is 0 Å². The fraction of sp³-hybridized carbons (Fsp3) is 0.857. The Morgan fingerprint density at radius 1 is 1.07 bits per heavy atom. The van der Waals surface area contributed by atoms with Crippen molar-refractivity contribution >= 4 is 0 Å². The molecule has 0 heteroatoms. The lowest BCUT2D eigenvalue weighted by Crippen LogP contribution is -2.09. The summed E-state index contributed by atoms with van der Waals surface area (Å²) in [6, 6.07) is 0. The number of hydrogen-bond acceptors (Lipinski definition) is 0. The molecule has 0 N–H and O–H groups in total. The lowest BCUT2D eigenvalue weighted by Gasteiger charge is -2.24. The van der Waals surface area contributed by atoms with E-state index in [4.69, 9.17) is 0 Å². The van der Waals surface area contributed by atoms with Crippen LogP contribution in [0, 0.1) is 11.8 Å². The van der Waals surface area contributed by atoms with Gasteiger partial charge in [-0.1, -0.05) is 44.3 Å². The van der Waals surface area contributed by atoms with Gasteiger partial charge in [0.15, 0.2) is 0 Å². The molecule has 1 aliphatic carbocycles. The molecule has 0 aliphatic heterocycles. The first-order valence-corrected chi connectivity index (χ1v) is 6.27. The van der Waals surface area contributed by atoms with Crippen molar-refractivity contribution in [2.75, 3.05) is 0 Å². The van der Waals surface area contributed by atoms with Crippen LogP contribution in [-0.2, 0) is 0 Å². The monoisotopic (exact) mass is 194 g/mol. The average molecular weight is 194 g/mol. The van der Waals surface area contributed by atoms with Crippen LogP contribution in [0.3, 0.4) is 0 Å². The van der Waals surface area contributed by atoms with Crippen molar-refractivity contribution in [3.63, 3.8) is 0 Å². The molecular formula is C14H26. The summed E-state index contributed by atoms with van der Waals surface area (Å²) < 4.78 is 0. The largest absolute Gasteiger partial charge is 0.0739 e. The Morgan fingerprint density at radius 3 is 2.14 bits per heavy atom. The molecule has 14 heavy (non-hydrogen) atoms. The van der Waals surface area contributed by atoms with Crippen LogP contribution in [0.15, 0.2) is 11.1 Å². The maximum absolute atomic E-state index is 2.37. The molecule has 1 aliphatic rings. The summed E-state index contributed by atoms with van der Waals surface area (Å²) in [5.41, 5.74) is 3.37. The summed E-state index contributed by atoms with van der Waals surface area (Å²) in [5.74, 6) is 1.73. The van der Waals surface area contributed by atoms with Gasteiger partial charge in [-0.2, -0.15) is 0 Å². The van der Waals surface area contributed by atoms with Crippen LogP contribution in [0.25, 0.3) is 0 Å². The van der Waals surface area contributed by atoms with Crippen molar-refractivity contribution in [1.82, 2.24) is 0 Å². The summed E-state index contributed by atoms with van der Waals surface area (Å²) in [6.07, 6.45) is 8.56. The minimum absolute atomic E-state index is 0.813. The molecule has 0 unspecified atom stereocenters. The molecule has 0 aromatic rings. The molecule has 1 rings (SSSR count). The molecule has 0 saturated heterocycles. The Kier molecular flexibility index (Phi) is 4.71. The number of allylic oxidation sites excluding steroid dienone is 2. The van der Waals surface area contributed by atoms with Crippen molar-refractivity contribution in [1.29, 1.82) is 0 Å². The maximum atomic E-state index is 2.37. The first kappa shape index (κ1) is 11.8. The lowest BCUT2D eigenvalue weighted by molar-refractivity contribution is 0.399. The third kappa shape index (κ3) is 3.48. The van der Waals surface area contributed by atoms with Crippen molar-refractivity contribution in [2.45, 2.75) is 66.2 Å². The van der Waals surface area contributed by atoms with Gasteiger partial charge in [-0.05, 0) is 44.9 Å². The quantitative estimate of drug-likeness (QED) is 0.558. The van der Waals surface area contributed by atoms with Crippen molar-refractivity contribution in [3.05, 3.63) is 11.1 Å². The van der Waals surface area contributed by atoms with Gasteiger partial charge >= 0.3 is 0 Å². The predicted molar refractivity (Wildman–Crippen MR) is 64.4 cm³/mol. The van der Waals surface area contributed by atoms with Gasteiger partial charge in [0.2, 0.25) is 0 Å². The van der Waals surface area contributed by atoms with Gasteiger partial charge in [0, 0.05) is 0 Å². The fourth-order valence-corrected chi connectivity index (χ4v) is 2.66. The van der Waals surface area contributed by atoms with Gasteiger partial charge in [-0.25, -0.2) is 0 Å². The molecule has 0 aromatic carbocycles. The van der Waals surface area contributed by atoms with E-state index in [2.05, 4.69) is 27.7 Å². The van der Waals surface area contributed by atoms with Crippen molar-refractivity contribution < 1.29 is 0 Å². The standard InChI is InChI=1S/C14H26/c1-11(2)10-12(3)13(4)14-8-6-5-7-9-14/h11,14H,5-10H2,1-4H3/b13-12+. The molecule has 1 fully saturated rings. The van der Waals surface area contributed by atoms with Gasteiger partial charge in [-0.3, -0.25) is 0 Å². The Hall–Kier alpha value is -0.260.